The van der Waals surface area contributed by atoms with Crippen molar-refractivity contribution in [2.45, 2.75) is 6.61 Å². The average molecular weight is 515 g/mol. The molecule has 1 heterocycles. The number of carbonyl (C=O) groups excluding carboxylic acids is 1. The highest BCUT2D eigenvalue weighted by molar-refractivity contribution is 8.18. The largest absolute Gasteiger partial charge is 0.497 e. The van der Waals surface area contributed by atoms with Gasteiger partial charge in [0.1, 0.15) is 12.4 Å². The third kappa shape index (κ3) is 5.86. The minimum absolute atomic E-state index is 0.212. The zero-order valence-electron chi connectivity index (χ0n) is 18.3. The van der Waals surface area contributed by atoms with Gasteiger partial charge in [0.05, 0.1) is 34.9 Å². The lowest BCUT2D eigenvalue weighted by Gasteiger charge is -2.12. The van der Waals surface area contributed by atoms with Crippen LogP contribution in [0.5, 0.6) is 17.2 Å². The normalized spacial score (nSPS) is 15.5. The number of hydrogen-bond acceptors (Lipinski definition) is 6. The Morgan fingerprint density at radius 3 is 2.44 bits per heavy atom. The average Bonchev–Trinajstić information content (AvgIpc) is 3.18. The maximum Gasteiger partial charge on any atom is 0.264 e. The van der Waals surface area contributed by atoms with Gasteiger partial charge in [-0.2, -0.15) is 0 Å². The summed E-state index contributed by atoms with van der Waals surface area (Å²) in [6, 6.07) is 18.1. The molecule has 34 heavy (non-hydrogen) atoms. The van der Waals surface area contributed by atoms with Gasteiger partial charge in [-0.1, -0.05) is 35.3 Å². The van der Waals surface area contributed by atoms with Crippen LogP contribution in [0.1, 0.15) is 11.1 Å². The lowest BCUT2D eigenvalue weighted by molar-refractivity contribution is -0.115. The van der Waals surface area contributed by atoms with Gasteiger partial charge in [0.2, 0.25) is 0 Å². The van der Waals surface area contributed by atoms with Gasteiger partial charge >= 0.3 is 0 Å². The molecule has 0 unspecified atom stereocenters. The number of methoxy groups -OCH3 is 2. The monoisotopic (exact) mass is 514 g/mol. The van der Waals surface area contributed by atoms with Gasteiger partial charge in [0, 0.05) is 0 Å². The van der Waals surface area contributed by atoms with Gasteiger partial charge in [0.25, 0.3) is 5.91 Å². The highest BCUT2D eigenvalue weighted by Gasteiger charge is 2.24. The van der Waals surface area contributed by atoms with Gasteiger partial charge < -0.3 is 19.5 Å². The molecule has 4 rings (SSSR count). The van der Waals surface area contributed by atoms with Crippen LogP contribution in [0.4, 0.5) is 5.69 Å². The number of hydrogen-bond donors (Lipinski definition) is 1. The molecule has 174 valence electrons. The van der Waals surface area contributed by atoms with E-state index in [0.29, 0.717) is 38.2 Å². The Labute approximate surface area is 211 Å². The van der Waals surface area contributed by atoms with E-state index in [9.17, 15) is 4.79 Å². The minimum Gasteiger partial charge on any atom is -0.497 e. The zero-order valence-corrected chi connectivity index (χ0v) is 20.6. The first-order chi connectivity index (χ1) is 16.4. The summed E-state index contributed by atoms with van der Waals surface area (Å²) in [6.07, 6.45) is 1.78. The number of amidine groups is 1. The number of thioether (sulfide) groups is 1. The summed E-state index contributed by atoms with van der Waals surface area (Å²) < 4.78 is 16.5. The van der Waals surface area contributed by atoms with Crippen molar-refractivity contribution in [1.82, 2.24) is 5.32 Å². The molecule has 3 aromatic rings. The van der Waals surface area contributed by atoms with Gasteiger partial charge in [0.15, 0.2) is 16.7 Å². The molecule has 1 saturated heterocycles. The topological polar surface area (TPSA) is 69.2 Å². The Hall–Kier alpha value is -3.13. The van der Waals surface area contributed by atoms with E-state index >= 15 is 0 Å². The van der Waals surface area contributed by atoms with Crippen LogP contribution >= 0.6 is 35.0 Å². The van der Waals surface area contributed by atoms with Gasteiger partial charge in [-0.15, -0.1) is 0 Å². The first kappa shape index (κ1) is 24.0. The van der Waals surface area contributed by atoms with E-state index in [4.69, 9.17) is 37.4 Å². The summed E-state index contributed by atoms with van der Waals surface area (Å²) in [5.41, 5.74) is 2.39. The SMILES string of the molecule is COc1ccc(N=C2NC(=O)/C(=C/c3ccc(OCc4ccc(Cl)c(Cl)c4)c(OC)c3)S2)cc1. The van der Waals surface area contributed by atoms with Crippen molar-refractivity contribution in [3.8, 4) is 17.2 Å². The van der Waals surface area contributed by atoms with Crippen molar-refractivity contribution >= 4 is 57.8 Å². The van der Waals surface area contributed by atoms with Gasteiger partial charge in [-0.3, -0.25) is 4.79 Å². The molecule has 0 radical (unpaired) electrons. The number of benzene rings is 3. The van der Waals surface area contributed by atoms with Crippen LogP contribution in [-0.4, -0.2) is 25.3 Å². The molecule has 0 atom stereocenters. The molecule has 0 aromatic heterocycles. The summed E-state index contributed by atoms with van der Waals surface area (Å²) in [4.78, 5) is 17.4. The van der Waals surface area contributed by atoms with Gasteiger partial charge in [-0.25, -0.2) is 4.99 Å². The van der Waals surface area contributed by atoms with E-state index in [1.54, 1.807) is 38.5 Å². The van der Waals surface area contributed by atoms with Crippen molar-refractivity contribution in [2.75, 3.05) is 14.2 Å². The molecule has 1 aliphatic rings. The van der Waals surface area contributed by atoms with E-state index in [1.165, 1.54) is 11.8 Å². The van der Waals surface area contributed by atoms with Crippen molar-refractivity contribution in [3.63, 3.8) is 0 Å². The number of carbonyl (C=O) groups is 1. The third-order valence-corrected chi connectivity index (χ3v) is 6.47. The summed E-state index contributed by atoms with van der Waals surface area (Å²) in [5, 5.41) is 4.26. The molecular weight excluding hydrogens is 495 g/mol. The third-order valence-electron chi connectivity index (χ3n) is 4.82. The summed E-state index contributed by atoms with van der Waals surface area (Å²) in [5.74, 6) is 1.65. The first-order valence-electron chi connectivity index (χ1n) is 10.1. The standard InChI is InChI=1S/C25H20Cl2N2O4S/c1-31-18-7-5-17(6-8-18)28-25-29-24(30)23(34-25)13-15-4-10-21(22(12-15)32-2)33-14-16-3-9-19(26)20(27)11-16/h3-13H,14H2,1-2H3,(H,28,29,30)/b23-13-. The minimum atomic E-state index is -0.212. The fraction of sp³-hybridized carbons (Fsp3) is 0.120. The molecular formula is C25H20Cl2N2O4S. The van der Waals surface area contributed by atoms with Gasteiger partial charge in [-0.05, 0) is 77.5 Å². The number of rotatable bonds is 7. The van der Waals surface area contributed by atoms with Crippen molar-refractivity contribution in [1.29, 1.82) is 0 Å². The molecule has 1 N–H and O–H groups in total. The number of nitrogens with one attached hydrogen (secondary N) is 1. The quantitative estimate of drug-likeness (QED) is 0.365. The molecule has 0 bridgehead atoms. The molecule has 9 heteroatoms. The van der Waals surface area contributed by atoms with Crippen molar-refractivity contribution in [3.05, 3.63) is 86.7 Å². The van der Waals surface area contributed by atoms with Crippen LogP contribution in [0.3, 0.4) is 0 Å². The van der Waals surface area contributed by atoms with Crippen LogP contribution in [0, 0.1) is 0 Å². The summed E-state index contributed by atoms with van der Waals surface area (Å²) >= 11 is 13.3. The fourth-order valence-corrected chi connectivity index (χ4v) is 4.25. The molecule has 0 spiro atoms. The predicted molar refractivity (Wildman–Crippen MR) is 138 cm³/mol. The van der Waals surface area contributed by atoms with Crippen LogP contribution in [0.2, 0.25) is 10.0 Å². The highest BCUT2D eigenvalue weighted by atomic mass is 35.5. The molecule has 1 fully saturated rings. The van der Waals surface area contributed by atoms with E-state index < -0.39 is 0 Å². The second kappa shape index (κ2) is 10.9. The van der Waals surface area contributed by atoms with E-state index in [-0.39, 0.29) is 5.91 Å². The molecule has 1 aliphatic heterocycles. The number of halogens is 2. The lowest BCUT2D eigenvalue weighted by atomic mass is 10.2. The summed E-state index contributed by atoms with van der Waals surface area (Å²) in [7, 11) is 3.17. The number of nitrogens with zero attached hydrogens (tertiary/aromatic N) is 1. The summed E-state index contributed by atoms with van der Waals surface area (Å²) in [6.45, 7) is 0.303. The molecule has 0 aliphatic carbocycles. The van der Waals surface area contributed by atoms with E-state index in [1.807, 2.05) is 42.5 Å². The number of aliphatic imine (C=N–C) groups is 1. The maximum absolute atomic E-state index is 12.4. The fourth-order valence-electron chi connectivity index (χ4n) is 3.09. The second-order valence-corrected chi connectivity index (χ2v) is 8.97. The maximum atomic E-state index is 12.4. The van der Waals surface area contributed by atoms with Crippen LogP contribution < -0.4 is 19.5 Å². The van der Waals surface area contributed by atoms with Crippen LogP contribution in [0.15, 0.2) is 70.6 Å². The van der Waals surface area contributed by atoms with Crippen molar-refractivity contribution in [2.24, 2.45) is 4.99 Å². The Morgan fingerprint density at radius 1 is 0.941 bits per heavy atom. The van der Waals surface area contributed by atoms with E-state index in [0.717, 1.165) is 22.6 Å². The Balaban J connectivity index is 1.47. The second-order valence-electron chi connectivity index (χ2n) is 7.13. The molecule has 0 saturated carbocycles. The van der Waals surface area contributed by atoms with Crippen LogP contribution in [0.25, 0.3) is 6.08 Å². The smallest absolute Gasteiger partial charge is 0.264 e. The Morgan fingerprint density at radius 2 is 1.74 bits per heavy atom. The Bertz CT molecular complexity index is 1280. The zero-order chi connectivity index (χ0) is 24.1. The van der Waals surface area contributed by atoms with Crippen molar-refractivity contribution < 1.29 is 19.0 Å². The highest BCUT2D eigenvalue weighted by Crippen LogP contribution is 2.33. The number of ether oxygens (including phenoxy) is 3. The lowest BCUT2D eigenvalue weighted by Crippen LogP contribution is -2.19. The molecule has 3 aromatic carbocycles. The Kier molecular flexibility index (Phi) is 7.67. The van der Waals surface area contributed by atoms with Crippen LogP contribution in [-0.2, 0) is 11.4 Å². The molecule has 6 nitrogen and oxygen atoms in total. The number of amides is 1. The predicted octanol–water partition coefficient (Wildman–Crippen LogP) is 6.48. The molecule has 1 amide bonds. The van der Waals surface area contributed by atoms with E-state index in [2.05, 4.69) is 10.3 Å². The first-order valence-corrected chi connectivity index (χ1v) is 11.7.